The van der Waals surface area contributed by atoms with Crippen molar-refractivity contribution in [2.45, 2.75) is 26.2 Å². The molecule has 0 N–H and O–H groups in total. The van der Waals surface area contributed by atoms with E-state index in [-0.39, 0.29) is 34.1 Å². The van der Waals surface area contributed by atoms with Gasteiger partial charge in [0.2, 0.25) is 0 Å². The number of hydrogen-bond donors (Lipinski definition) is 0. The standard InChI is InChI=1S/C14H20Si2.4CO.2Fe/c1-15(2,13-9-5-6-10-13)16(3,4)14-11-7-8-12-14;4*1-2;;/h5-12H,1-4H3;;;;;;. The maximum Gasteiger partial charge on any atom is 0 e. The Hall–Kier alpha value is 0.433. The third kappa shape index (κ3) is 10.7. The smallest absolute Gasteiger partial charge is 0 e. The molecular formula is C18H20Fe2O4Si2. The topological polar surface area (TPSA) is 79.6 Å². The van der Waals surface area contributed by atoms with Gasteiger partial charge < -0.3 is 0 Å². The first-order valence-corrected chi connectivity index (χ1v) is 13.7. The van der Waals surface area contributed by atoms with Crippen molar-refractivity contribution in [3.63, 3.8) is 0 Å². The van der Waals surface area contributed by atoms with Crippen LogP contribution < -0.4 is 0 Å². The van der Waals surface area contributed by atoms with Crippen molar-refractivity contribution in [1.29, 1.82) is 0 Å². The third-order valence-corrected chi connectivity index (χ3v) is 22.1. The van der Waals surface area contributed by atoms with Gasteiger partial charge >= 0.3 is 45.2 Å². The average Bonchev–Trinajstić information content (AvgIpc) is 3.36. The van der Waals surface area contributed by atoms with E-state index in [2.05, 4.69) is 104 Å². The van der Waals surface area contributed by atoms with Crippen LogP contribution in [0.15, 0.2) is 0 Å². The van der Waals surface area contributed by atoms with Crippen LogP contribution >= 0.6 is 0 Å². The molecule has 0 saturated heterocycles. The van der Waals surface area contributed by atoms with Gasteiger partial charge in [-0.25, -0.2) is 0 Å². The summed E-state index contributed by atoms with van der Waals surface area (Å²) in [6.07, 6.45) is 18.0. The first kappa shape index (κ1) is 37.2. The molecule has 0 heterocycles. The molecule has 0 aromatic heterocycles. The SMILES string of the molecule is C[Si](C)([C]1[CH][CH][CH][CH]1)[Si](C)(C)[C]1[CH][CH][CH][CH]1.[C-]#[O+].[C-]#[O+].[C-]#[O+].[C-]#[O+].[Fe].[Fe]. The van der Waals surface area contributed by atoms with Crippen molar-refractivity contribution in [2.75, 3.05) is 0 Å². The molecule has 2 fully saturated rings. The van der Waals surface area contributed by atoms with Crippen LogP contribution in [0.25, 0.3) is 0 Å². The predicted molar refractivity (Wildman–Crippen MR) is 91.6 cm³/mol. The molecule has 0 bridgehead atoms. The minimum Gasteiger partial charge on any atom is 0 e. The van der Waals surface area contributed by atoms with Gasteiger partial charge in [-0.2, -0.15) is 0 Å². The number of hydrogen-bond acceptors (Lipinski definition) is 0. The molecular weight excluding hydrogens is 448 g/mol. The Morgan fingerprint density at radius 1 is 0.500 bits per heavy atom. The second-order valence-electron chi connectivity index (χ2n) is 5.60. The summed E-state index contributed by atoms with van der Waals surface area (Å²) < 4.78 is 30.0. The van der Waals surface area contributed by atoms with Crippen molar-refractivity contribution in [1.82, 2.24) is 0 Å². The molecule has 8 heteroatoms. The van der Waals surface area contributed by atoms with Crippen LogP contribution in [0.1, 0.15) is 0 Å². The maximum absolute atomic E-state index is 7.50. The van der Waals surface area contributed by atoms with Gasteiger partial charge in [0, 0.05) is 49.3 Å². The van der Waals surface area contributed by atoms with E-state index in [1.807, 2.05) is 0 Å². The largest absolute Gasteiger partial charge is 0 e. The van der Waals surface area contributed by atoms with E-state index in [1.165, 1.54) is 0 Å². The molecule has 26 heavy (non-hydrogen) atoms. The summed E-state index contributed by atoms with van der Waals surface area (Å²) in [5.41, 5.74) is 3.23. The summed E-state index contributed by atoms with van der Waals surface area (Å²) in [7, 11) is -2.64. The van der Waals surface area contributed by atoms with Crippen LogP contribution in [0.3, 0.4) is 0 Å². The fourth-order valence-electron chi connectivity index (χ4n) is 2.30. The van der Waals surface area contributed by atoms with Crippen LogP contribution in [0, 0.1) is 89.1 Å². The first-order valence-electron chi connectivity index (χ1n) is 6.72. The zero-order valence-electron chi connectivity index (χ0n) is 15.0. The van der Waals surface area contributed by atoms with Crippen molar-refractivity contribution in [3.05, 3.63) is 89.1 Å². The number of rotatable bonds is 3. The maximum atomic E-state index is 7.50. The Kier molecular flexibility index (Phi) is 31.1. The summed E-state index contributed by atoms with van der Waals surface area (Å²) in [5, 5.41) is 0. The average molecular weight is 468 g/mol. The summed E-state index contributed by atoms with van der Waals surface area (Å²) >= 11 is 0. The molecule has 4 nitrogen and oxygen atoms in total. The molecule has 2 aliphatic rings. The van der Waals surface area contributed by atoms with Gasteiger partial charge in [-0.15, -0.1) is 0 Å². The van der Waals surface area contributed by atoms with Crippen LogP contribution in [0.2, 0.25) is 26.2 Å². The van der Waals surface area contributed by atoms with E-state index in [0.29, 0.717) is 0 Å². The molecule has 140 valence electrons. The van der Waals surface area contributed by atoms with E-state index in [0.717, 1.165) is 0 Å². The van der Waals surface area contributed by atoms with E-state index < -0.39 is 15.2 Å². The Morgan fingerprint density at radius 3 is 0.808 bits per heavy atom. The molecule has 2 aliphatic carbocycles. The van der Waals surface area contributed by atoms with E-state index in [4.69, 9.17) is 18.6 Å². The zero-order valence-corrected chi connectivity index (χ0v) is 19.2. The van der Waals surface area contributed by atoms with Crippen LogP contribution in [0.5, 0.6) is 0 Å². The second-order valence-corrected chi connectivity index (χ2v) is 20.8. The monoisotopic (exact) mass is 468 g/mol. The van der Waals surface area contributed by atoms with Crippen molar-refractivity contribution >= 4 is 15.2 Å². The quantitative estimate of drug-likeness (QED) is 0.347. The van der Waals surface area contributed by atoms with Crippen molar-refractivity contribution < 1.29 is 52.7 Å². The molecule has 2 saturated carbocycles. The summed E-state index contributed by atoms with van der Waals surface area (Å²) in [6, 6.07) is 0. The molecule has 2 rings (SSSR count). The predicted octanol–water partition coefficient (Wildman–Crippen LogP) is 3.22. The van der Waals surface area contributed by atoms with E-state index >= 15 is 0 Å². The van der Waals surface area contributed by atoms with Gasteiger partial charge in [0.05, 0.1) is 0 Å². The van der Waals surface area contributed by atoms with Crippen LogP contribution in [-0.2, 0) is 52.7 Å². The van der Waals surface area contributed by atoms with Crippen molar-refractivity contribution in [2.24, 2.45) is 0 Å². The molecule has 0 aromatic rings. The third-order valence-electron chi connectivity index (χ3n) is 4.33. The van der Waals surface area contributed by atoms with Gasteiger partial charge in [-0.1, -0.05) is 26.2 Å². The minimum atomic E-state index is -1.32. The Balaban J connectivity index is -0.000000131. The Bertz CT molecular complexity index is 345. The molecule has 0 unspecified atom stereocenters. The fraction of sp³-hybridized carbons (Fsp3) is 0.222. The van der Waals surface area contributed by atoms with Gasteiger partial charge in [-0.05, 0) is 62.4 Å². The van der Waals surface area contributed by atoms with Crippen molar-refractivity contribution in [3.8, 4) is 0 Å². The zero-order chi connectivity index (χ0) is 19.8. The summed E-state index contributed by atoms with van der Waals surface area (Å²) in [5.74, 6) is 0. The minimum absolute atomic E-state index is 0. The van der Waals surface area contributed by atoms with Gasteiger partial charge in [0.1, 0.15) is 0 Å². The molecule has 0 aromatic carbocycles. The molecule has 0 atom stereocenters. The molecule has 0 spiro atoms. The fourth-order valence-corrected chi connectivity index (χ4v) is 11.1. The first-order chi connectivity index (χ1) is 11.5. The van der Waals surface area contributed by atoms with E-state index in [1.54, 1.807) is 11.1 Å². The summed E-state index contributed by atoms with van der Waals surface area (Å²) in [6.45, 7) is 28.1. The van der Waals surface area contributed by atoms with Gasteiger partial charge in [0.25, 0.3) is 0 Å². The van der Waals surface area contributed by atoms with E-state index in [9.17, 15) is 0 Å². The Labute approximate surface area is 182 Å². The van der Waals surface area contributed by atoms with Gasteiger partial charge in [0.15, 0.2) is 0 Å². The Morgan fingerprint density at radius 2 is 0.654 bits per heavy atom. The summed E-state index contributed by atoms with van der Waals surface area (Å²) in [4.78, 5) is 0. The normalized spacial score (nSPS) is 16.0. The van der Waals surface area contributed by atoms with Crippen LogP contribution in [-0.4, -0.2) is 15.2 Å². The second kappa shape index (κ2) is 21.7. The van der Waals surface area contributed by atoms with Gasteiger partial charge in [-0.3, -0.25) is 0 Å². The molecule has 10 radical (unpaired) electrons. The molecule has 0 aliphatic heterocycles. The molecule has 0 amide bonds. The van der Waals surface area contributed by atoms with Crippen LogP contribution in [0.4, 0.5) is 0 Å².